The van der Waals surface area contributed by atoms with Gasteiger partial charge in [0.15, 0.2) is 0 Å². The lowest BCUT2D eigenvalue weighted by Gasteiger charge is -2.35. The maximum atomic E-state index is 12.4. The van der Waals surface area contributed by atoms with Gasteiger partial charge in [0, 0.05) is 49.9 Å². The fraction of sp³-hybridized carbons (Fsp3) is 0.400. The number of nitrogens with one attached hydrogen (secondary N) is 1. The molecule has 1 fully saturated rings. The van der Waals surface area contributed by atoms with Crippen molar-refractivity contribution in [1.82, 2.24) is 9.88 Å². The second-order valence-corrected chi connectivity index (χ2v) is 6.79. The molecule has 5 heteroatoms. The lowest BCUT2D eigenvalue weighted by molar-refractivity contribution is -0.117. The summed E-state index contributed by atoms with van der Waals surface area (Å²) in [5, 5.41) is 3.09. The van der Waals surface area contributed by atoms with Gasteiger partial charge in [-0.05, 0) is 44.0 Å². The van der Waals surface area contributed by atoms with Gasteiger partial charge in [-0.25, -0.2) is 0 Å². The van der Waals surface area contributed by atoms with Crippen molar-refractivity contribution in [2.24, 2.45) is 0 Å². The highest BCUT2D eigenvalue weighted by atomic mass is 16.2. The van der Waals surface area contributed by atoms with Crippen molar-refractivity contribution in [3.8, 4) is 0 Å². The molecule has 0 aliphatic carbocycles. The number of piperazine rings is 1. The standard InChI is InChI=1S/C20H26N4O/c1-15-12-16(2)20(17(3)13-15)22-19(25)14-23-8-10-24(11-9-23)18-4-6-21-7-5-18/h4-7,12-13H,8-11,14H2,1-3H3,(H,22,25). The number of aromatic nitrogens is 1. The fourth-order valence-corrected chi connectivity index (χ4v) is 3.48. The average molecular weight is 338 g/mol. The first-order chi connectivity index (χ1) is 12.0. The Hall–Kier alpha value is -2.40. The van der Waals surface area contributed by atoms with Gasteiger partial charge in [0.2, 0.25) is 5.91 Å². The zero-order valence-corrected chi connectivity index (χ0v) is 15.2. The maximum Gasteiger partial charge on any atom is 0.238 e. The van der Waals surface area contributed by atoms with E-state index in [1.165, 1.54) is 11.3 Å². The lowest BCUT2D eigenvalue weighted by atomic mass is 10.1. The van der Waals surface area contributed by atoms with Crippen molar-refractivity contribution in [1.29, 1.82) is 0 Å². The number of benzene rings is 1. The molecule has 0 saturated carbocycles. The second kappa shape index (κ2) is 7.66. The van der Waals surface area contributed by atoms with E-state index in [0.717, 1.165) is 43.0 Å². The minimum Gasteiger partial charge on any atom is -0.369 e. The summed E-state index contributed by atoms with van der Waals surface area (Å²) in [4.78, 5) is 21.1. The molecule has 25 heavy (non-hydrogen) atoms. The Kier molecular flexibility index (Phi) is 5.34. The van der Waals surface area contributed by atoms with E-state index < -0.39 is 0 Å². The third-order valence-electron chi connectivity index (χ3n) is 4.71. The van der Waals surface area contributed by atoms with Crippen LogP contribution in [0.5, 0.6) is 0 Å². The Balaban J connectivity index is 1.53. The van der Waals surface area contributed by atoms with Gasteiger partial charge in [-0.3, -0.25) is 14.7 Å². The number of carbonyl (C=O) groups is 1. The monoisotopic (exact) mass is 338 g/mol. The van der Waals surface area contributed by atoms with Crippen molar-refractivity contribution >= 4 is 17.3 Å². The fourth-order valence-electron chi connectivity index (χ4n) is 3.48. The van der Waals surface area contributed by atoms with Crippen LogP contribution in [-0.2, 0) is 4.79 Å². The Morgan fingerprint density at radius 2 is 1.64 bits per heavy atom. The predicted molar refractivity (Wildman–Crippen MR) is 102 cm³/mol. The highest BCUT2D eigenvalue weighted by molar-refractivity contribution is 5.93. The Morgan fingerprint density at radius 3 is 2.24 bits per heavy atom. The molecule has 0 radical (unpaired) electrons. The molecule has 0 spiro atoms. The van der Waals surface area contributed by atoms with E-state index in [1.54, 1.807) is 0 Å². The van der Waals surface area contributed by atoms with Crippen LogP contribution in [0, 0.1) is 20.8 Å². The van der Waals surface area contributed by atoms with E-state index in [9.17, 15) is 4.79 Å². The quantitative estimate of drug-likeness (QED) is 0.931. The molecule has 1 N–H and O–H groups in total. The van der Waals surface area contributed by atoms with Crippen molar-refractivity contribution in [3.05, 3.63) is 53.3 Å². The van der Waals surface area contributed by atoms with Gasteiger partial charge in [-0.15, -0.1) is 0 Å². The minimum absolute atomic E-state index is 0.0624. The van der Waals surface area contributed by atoms with E-state index in [2.05, 4.69) is 39.2 Å². The Labute approximate surface area is 149 Å². The maximum absolute atomic E-state index is 12.4. The van der Waals surface area contributed by atoms with Crippen LogP contribution in [0.1, 0.15) is 16.7 Å². The van der Waals surface area contributed by atoms with Gasteiger partial charge < -0.3 is 10.2 Å². The van der Waals surface area contributed by atoms with Crippen LogP contribution in [0.3, 0.4) is 0 Å². The van der Waals surface area contributed by atoms with Crippen molar-refractivity contribution in [2.75, 3.05) is 42.9 Å². The molecule has 2 heterocycles. The largest absolute Gasteiger partial charge is 0.369 e. The Bertz CT molecular complexity index is 714. The topological polar surface area (TPSA) is 48.5 Å². The number of nitrogens with zero attached hydrogens (tertiary/aromatic N) is 3. The molecule has 1 amide bonds. The van der Waals surface area contributed by atoms with Crippen LogP contribution < -0.4 is 10.2 Å². The molecule has 1 aliphatic rings. The number of pyridine rings is 1. The van der Waals surface area contributed by atoms with E-state index in [4.69, 9.17) is 0 Å². The van der Waals surface area contributed by atoms with Gasteiger partial charge in [0.25, 0.3) is 0 Å². The van der Waals surface area contributed by atoms with Crippen molar-refractivity contribution in [3.63, 3.8) is 0 Å². The smallest absolute Gasteiger partial charge is 0.238 e. The first-order valence-corrected chi connectivity index (χ1v) is 8.78. The molecular weight excluding hydrogens is 312 g/mol. The van der Waals surface area contributed by atoms with Crippen LogP contribution in [0.2, 0.25) is 0 Å². The van der Waals surface area contributed by atoms with Gasteiger partial charge in [-0.1, -0.05) is 17.7 Å². The summed E-state index contributed by atoms with van der Waals surface area (Å²) in [7, 11) is 0. The molecule has 132 valence electrons. The summed E-state index contributed by atoms with van der Waals surface area (Å²) in [6, 6.07) is 8.28. The van der Waals surface area contributed by atoms with E-state index in [-0.39, 0.29) is 5.91 Å². The number of aryl methyl sites for hydroxylation is 3. The summed E-state index contributed by atoms with van der Waals surface area (Å²) in [6.07, 6.45) is 3.64. The molecule has 5 nitrogen and oxygen atoms in total. The van der Waals surface area contributed by atoms with Crippen molar-refractivity contribution < 1.29 is 4.79 Å². The van der Waals surface area contributed by atoms with Crippen LogP contribution in [0.15, 0.2) is 36.7 Å². The molecule has 2 aromatic rings. The molecule has 1 aliphatic heterocycles. The third-order valence-corrected chi connectivity index (χ3v) is 4.71. The molecule has 1 aromatic carbocycles. The summed E-state index contributed by atoms with van der Waals surface area (Å²) >= 11 is 0. The summed E-state index contributed by atoms with van der Waals surface area (Å²) < 4.78 is 0. The SMILES string of the molecule is Cc1cc(C)c(NC(=O)CN2CCN(c3ccncc3)CC2)c(C)c1. The lowest BCUT2D eigenvalue weighted by Crippen LogP contribution is -2.48. The van der Waals surface area contributed by atoms with Gasteiger partial charge in [0.1, 0.15) is 0 Å². The van der Waals surface area contributed by atoms with Crippen molar-refractivity contribution in [2.45, 2.75) is 20.8 Å². The van der Waals surface area contributed by atoms with Gasteiger partial charge >= 0.3 is 0 Å². The molecule has 3 rings (SSSR count). The molecule has 0 atom stereocenters. The minimum atomic E-state index is 0.0624. The van der Waals surface area contributed by atoms with Crippen LogP contribution in [0.25, 0.3) is 0 Å². The normalized spacial score (nSPS) is 15.2. The number of rotatable bonds is 4. The van der Waals surface area contributed by atoms with Gasteiger partial charge in [-0.2, -0.15) is 0 Å². The highest BCUT2D eigenvalue weighted by Gasteiger charge is 2.19. The average Bonchev–Trinajstić information content (AvgIpc) is 2.59. The van der Waals surface area contributed by atoms with E-state index >= 15 is 0 Å². The molecule has 1 saturated heterocycles. The predicted octanol–water partition coefficient (Wildman–Crippen LogP) is 2.77. The third kappa shape index (κ3) is 4.37. The number of hydrogen-bond acceptors (Lipinski definition) is 4. The molecule has 0 unspecified atom stereocenters. The first-order valence-electron chi connectivity index (χ1n) is 8.78. The second-order valence-electron chi connectivity index (χ2n) is 6.79. The van der Waals surface area contributed by atoms with Crippen LogP contribution in [-0.4, -0.2) is 48.5 Å². The summed E-state index contributed by atoms with van der Waals surface area (Å²) in [6.45, 7) is 10.2. The van der Waals surface area contributed by atoms with E-state index in [1.807, 2.05) is 38.4 Å². The number of carbonyl (C=O) groups excluding carboxylic acids is 1. The number of amides is 1. The molecule has 0 bridgehead atoms. The zero-order valence-electron chi connectivity index (χ0n) is 15.2. The Morgan fingerprint density at radius 1 is 1.04 bits per heavy atom. The van der Waals surface area contributed by atoms with Crippen LogP contribution >= 0.6 is 0 Å². The number of hydrogen-bond donors (Lipinski definition) is 1. The summed E-state index contributed by atoms with van der Waals surface area (Å²) in [5.74, 6) is 0.0624. The van der Waals surface area contributed by atoms with E-state index in [0.29, 0.717) is 6.54 Å². The molecule has 1 aromatic heterocycles. The molecular formula is C20H26N4O. The van der Waals surface area contributed by atoms with Gasteiger partial charge in [0.05, 0.1) is 6.54 Å². The zero-order chi connectivity index (χ0) is 17.8. The van der Waals surface area contributed by atoms with Crippen LogP contribution in [0.4, 0.5) is 11.4 Å². The summed E-state index contributed by atoms with van der Waals surface area (Å²) in [5.41, 5.74) is 5.61. The first kappa shape index (κ1) is 17.4. The highest BCUT2D eigenvalue weighted by Crippen LogP contribution is 2.22. The number of anilines is 2.